The van der Waals surface area contributed by atoms with E-state index in [-0.39, 0.29) is 23.1 Å². The largest absolute Gasteiger partial charge is 0.506 e. The first-order chi connectivity index (χ1) is 13.6. The molecule has 28 heavy (non-hydrogen) atoms. The van der Waals surface area contributed by atoms with Gasteiger partial charge in [0, 0.05) is 5.92 Å². The van der Waals surface area contributed by atoms with Crippen LogP contribution in [0.25, 0.3) is 10.9 Å². The molecule has 0 radical (unpaired) electrons. The van der Waals surface area contributed by atoms with Gasteiger partial charge in [-0.2, -0.15) is 0 Å². The lowest BCUT2D eigenvalue weighted by Crippen LogP contribution is -2.38. The van der Waals surface area contributed by atoms with Crippen molar-refractivity contribution >= 4 is 22.5 Å². The Labute approximate surface area is 162 Å². The van der Waals surface area contributed by atoms with Gasteiger partial charge in [-0.25, -0.2) is 4.98 Å². The number of carbonyl (C=O) groups is 1. The molecular weight excluding hydrogens is 356 g/mol. The van der Waals surface area contributed by atoms with E-state index in [9.17, 15) is 14.7 Å². The van der Waals surface area contributed by atoms with Crippen molar-refractivity contribution in [1.29, 1.82) is 0 Å². The zero-order chi connectivity index (χ0) is 19.5. The van der Waals surface area contributed by atoms with Gasteiger partial charge >= 0.3 is 0 Å². The van der Waals surface area contributed by atoms with Crippen LogP contribution < -0.4 is 10.9 Å². The van der Waals surface area contributed by atoms with Crippen LogP contribution in [0.1, 0.15) is 18.7 Å². The topological polar surface area (TPSA) is 98.3 Å². The van der Waals surface area contributed by atoms with Crippen molar-refractivity contribution in [2.24, 2.45) is 5.92 Å². The maximum absolute atomic E-state index is 12.5. The van der Waals surface area contributed by atoms with Crippen molar-refractivity contribution < 1.29 is 9.90 Å². The molecule has 1 fully saturated rings. The number of amides is 1. The fourth-order valence-corrected chi connectivity index (χ4v) is 3.59. The second-order valence-corrected chi connectivity index (χ2v) is 7.09. The number of phenols is 1. The Bertz CT molecular complexity index is 1050. The summed E-state index contributed by atoms with van der Waals surface area (Å²) in [5, 5.41) is 13.2. The number of phenolic OH excluding ortho intramolecular Hbond substituents is 1. The van der Waals surface area contributed by atoms with E-state index in [0.29, 0.717) is 29.0 Å². The van der Waals surface area contributed by atoms with E-state index in [1.54, 1.807) is 30.3 Å². The van der Waals surface area contributed by atoms with Crippen LogP contribution in [-0.2, 0) is 11.3 Å². The molecule has 7 heteroatoms. The molecule has 2 heterocycles. The van der Waals surface area contributed by atoms with Crippen LogP contribution in [0, 0.1) is 5.92 Å². The third-order valence-corrected chi connectivity index (χ3v) is 5.16. The van der Waals surface area contributed by atoms with E-state index < -0.39 is 0 Å². The van der Waals surface area contributed by atoms with Crippen molar-refractivity contribution in [3.8, 4) is 5.75 Å². The highest BCUT2D eigenvalue weighted by atomic mass is 16.3. The number of nitrogens with one attached hydrogen (secondary N) is 2. The summed E-state index contributed by atoms with van der Waals surface area (Å²) in [6, 6.07) is 14.0. The molecule has 0 spiro atoms. The number of anilines is 1. The van der Waals surface area contributed by atoms with Crippen LogP contribution in [-0.4, -0.2) is 39.0 Å². The Hall–Kier alpha value is -3.19. The number of hydrogen-bond acceptors (Lipinski definition) is 5. The van der Waals surface area contributed by atoms with Gasteiger partial charge in [0.15, 0.2) is 0 Å². The molecule has 0 atom stereocenters. The molecule has 0 aliphatic carbocycles. The molecule has 1 aliphatic rings. The highest BCUT2D eigenvalue weighted by molar-refractivity contribution is 5.93. The summed E-state index contributed by atoms with van der Waals surface area (Å²) in [6.07, 6.45) is 1.44. The van der Waals surface area contributed by atoms with Gasteiger partial charge in [-0.1, -0.05) is 24.3 Å². The predicted molar refractivity (Wildman–Crippen MR) is 107 cm³/mol. The van der Waals surface area contributed by atoms with Crippen molar-refractivity contribution in [1.82, 2.24) is 14.9 Å². The number of para-hydroxylation sites is 3. The van der Waals surface area contributed by atoms with Crippen LogP contribution >= 0.6 is 0 Å². The van der Waals surface area contributed by atoms with Gasteiger partial charge in [0.25, 0.3) is 5.56 Å². The Balaban J connectivity index is 1.36. The first-order valence-corrected chi connectivity index (χ1v) is 9.39. The van der Waals surface area contributed by atoms with Crippen LogP contribution in [0.5, 0.6) is 5.75 Å². The summed E-state index contributed by atoms with van der Waals surface area (Å²) < 4.78 is 0. The summed E-state index contributed by atoms with van der Waals surface area (Å²) in [7, 11) is 0. The van der Waals surface area contributed by atoms with Gasteiger partial charge < -0.3 is 15.4 Å². The number of rotatable bonds is 4. The van der Waals surface area contributed by atoms with Crippen molar-refractivity contribution in [3.05, 3.63) is 64.7 Å². The van der Waals surface area contributed by atoms with Crippen LogP contribution in [0.3, 0.4) is 0 Å². The zero-order valence-electron chi connectivity index (χ0n) is 15.4. The summed E-state index contributed by atoms with van der Waals surface area (Å²) in [6.45, 7) is 2.04. The lowest BCUT2D eigenvalue weighted by atomic mass is 9.95. The summed E-state index contributed by atoms with van der Waals surface area (Å²) in [5.41, 5.74) is 1.00. The Morgan fingerprint density at radius 1 is 1.14 bits per heavy atom. The standard InChI is InChI=1S/C21H22N4O3/c26-18-8-4-3-7-17(18)23-20(27)14-9-11-25(12-10-14)13-19-22-16-6-2-1-5-15(16)21(28)24-19/h1-8,14,26H,9-13H2,(H,23,27)(H,22,24,28). The molecule has 0 bridgehead atoms. The zero-order valence-corrected chi connectivity index (χ0v) is 15.4. The van der Waals surface area contributed by atoms with Crippen LogP contribution in [0.4, 0.5) is 5.69 Å². The van der Waals surface area contributed by atoms with E-state index in [0.717, 1.165) is 25.9 Å². The average molecular weight is 378 g/mol. The third-order valence-electron chi connectivity index (χ3n) is 5.16. The highest BCUT2D eigenvalue weighted by Crippen LogP contribution is 2.25. The van der Waals surface area contributed by atoms with Gasteiger partial charge in [-0.05, 0) is 50.2 Å². The quantitative estimate of drug-likeness (QED) is 0.606. The Kier molecular flexibility index (Phi) is 5.08. The van der Waals surface area contributed by atoms with Gasteiger partial charge in [0.05, 0.1) is 23.1 Å². The van der Waals surface area contributed by atoms with E-state index in [4.69, 9.17) is 0 Å². The number of piperidine rings is 1. The molecule has 0 saturated carbocycles. The molecule has 7 nitrogen and oxygen atoms in total. The number of H-pyrrole nitrogens is 1. The third kappa shape index (κ3) is 3.89. The minimum Gasteiger partial charge on any atom is -0.506 e. The molecule has 3 N–H and O–H groups in total. The van der Waals surface area contributed by atoms with E-state index in [1.165, 1.54) is 0 Å². The minimum atomic E-state index is -0.127. The first-order valence-electron chi connectivity index (χ1n) is 9.39. The maximum atomic E-state index is 12.5. The molecule has 1 aromatic heterocycles. The van der Waals surface area contributed by atoms with Gasteiger partial charge in [0.1, 0.15) is 11.6 Å². The molecular formula is C21H22N4O3. The van der Waals surface area contributed by atoms with Crippen molar-refractivity contribution in [3.63, 3.8) is 0 Å². The number of aromatic hydroxyl groups is 1. The van der Waals surface area contributed by atoms with E-state index in [1.807, 2.05) is 18.2 Å². The number of likely N-dealkylation sites (tertiary alicyclic amines) is 1. The lowest BCUT2D eigenvalue weighted by Gasteiger charge is -2.30. The number of carbonyl (C=O) groups excluding carboxylic acids is 1. The number of aromatic amines is 1. The summed E-state index contributed by atoms with van der Waals surface area (Å²) >= 11 is 0. The number of fused-ring (bicyclic) bond motifs is 1. The molecule has 1 amide bonds. The first kappa shape index (κ1) is 18.2. The van der Waals surface area contributed by atoms with Gasteiger partial charge in [0.2, 0.25) is 5.91 Å². The SMILES string of the molecule is O=C(Nc1ccccc1O)C1CCN(Cc2nc3ccccc3c(=O)[nH]2)CC1. The predicted octanol–water partition coefficient (Wildman–Crippen LogP) is 2.48. The van der Waals surface area contributed by atoms with E-state index >= 15 is 0 Å². The summed E-state index contributed by atoms with van der Waals surface area (Å²) in [5.74, 6) is 0.540. The number of benzene rings is 2. The van der Waals surface area contributed by atoms with Crippen molar-refractivity contribution in [2.45, 2.75) is 19.4 Å². The summed E-state index contributed by atoms with van der Waals surface area (Å²) in [4.78, 5) is 34.3. The minimum absolute atomic E-state index is 0.0691. The van der Waals surface area contributed by atoms with Crippen LogP contribution in [0.15, 0.2) is 53.3 Å². The fraction of sp³-hybridized carbons (Fsp3) is 0.286. The molecule has 2 aromatic carbocycles. The Morgan fingerprint density at radius 3 is 2.64 bits per heavy atom. The number of nitrogens with zero attached hydrogens (tertiary/aromatic N) is 2. The molecule has 144 valence electrons. The molecule has 3 aromatic rings. The fourth-order valence-electron chi connectivity index (χ4n) is 3.59. The van der Waals surface area contributed by atoms with E-state index in [2.05, 4.69) is 20.2 Å². The second-order valence-electron chi connectivity index (χ2n) is 7.09. The van der Waals surface area contributed by atoms with Gasteiger partial charge in [-0.3, -0.25) is 14.5 Å². The molecule has 1 saturated heterocycles. The monoisotopic (exact) mass is 378 g/mol. The van der Waals surface area contributed by atoms with Crippen molar-refractivity contribution in [2.75, 3.05) is 18.4 Å². The maximum Gasteiger partial charge on any atom is 0.258 e. The average Bonchev–Trinajstić information content (AvgIpc) is 2.70. The normalized spacial score (nSPS) is 15.6. The second kappa shape index (κ2) is 7.82. The molecule has 1 aliphatic heterocycles. The molecule has 0 unspecified atom stereocenters. The number of hydrogen-bond donors (Lipinski definition) is 3. The highest BCUT2D eigenvalue weighted by Gasteiger charge is 2.26. The van der Waals surface area contributed by atoms with Crippen LogP contribution in [0.2, 0.25) is 0 Å². The molecule has 4 rings (SSSR count). The Morgan fingerprint density at radius 2 is 1.86 bits per heavy atom. The smallest absolute Gasteiger partial charge is 0.258 e. The lowest BCUT2D eigenvalue weighted by molar-refractivity contribution is -0.121. The van der Waals surface area contributed by atoms with Gasteiger partial charge in [-0.15, -0.1) is 0 Å². The number of aromatic nitrogens is 2.